The molecule has 0 fully saturated rings. The van der Waals surface area contributed by atoms with Crippen LogP contribution in [0, 0.1) is 0 Å². The summed E-state index contributed by atoms with van der Waals surface area (Å²) in [5.74, 6) is -0.823. The number of aliphatic carboxylic acids is 1. The van der Waals surface area contributed by atoms with Crippen molar-refractivity contribution in [1.29, 1.82) is 0 Å². The number of pyridine rings is 1. The summed E-state index contributed by atoms with van der Waals surface area (Å²) in [6.07, 6.45) is 5.00. The predicted molar refractivity (Wildman–Crippen MR) is 71.4 cm³/mol. The third kappa shape index (κ3) is 5.10. The summed E-state index contributed by atoms with van der Waals surface area (Å²) >= 11 is 0. The van der Waals surface area contributed by atoms with E-state index in [1.165, 1.54) is 0 Å². The lowest BCUT2D eigenvalue weighted by molar-refractivity contribution is -0.132. The Labute approximate surface area is 108 Å². The highest BCUT2D eigenvalue weighted by atomic mass is 16.4. The lowest BCUT2D eigenvalue weighted by Gasteiger charge is -2.14. The standard InChI is InChI=1S/C14H20N2O2/c1-3-12(14(17)18)7-10-16(2)11-8-13-6-4-5-9-15-13/h4-7,9H,3,8,10-11H2,1-2H3,(H,17,18). The van der Waals surface area contributed by atoms with Gasteiger partial charge in [0.15, 0.2) is 0 Å². The molecule has 0 atom stereocenters. The minimum atomic E-state index is -0.823. The number of carboxylic acid groups (broad SMARTS) is 1. The van der Waals surface area contributed by atoms with E-state index in [-0.39, 0.29) is 0 Å². The minimum Gasteiger partial charge on any atom is -0.478 e. The zero-order valence-electron chi connectivity index (χ0n) is 11.0. The van der Waals surface area contributed by atoms with Gasteiger partial charge in [-0.2, -0.15) is 0 Å². The Bertz CT molecular complexity index is 402. The third-order valence-corrected chi connectivity index (χ3v) is 2.78. The van der Waals surface area contributed by atoms with Crippen LogP contribution >= 0.6 is 0 Å². The van der Waals surface area contributed by atoms with Gasteiger partial charge in [0.1, 0.15) is 0 Å². The summed E-state index contributed by atoms with van der Waals surface area (Å²) in [7, 11) is 1.98. The first-order valence-corrected chi connectivity index (χ1v) is 6.14. The number of carboxylic acids is 1. The van der Waals surface area contributed by atoms with Gasteiger partial charge in [-0.25, -0.2) is 4.79 Å². The van der Waals surface area contributed by atoms with E-state index in [1.54, 1.807) is 12.3 Å². The maximum absolute atomic E-state index is 10.8. The van der Waals surface area contributed by atoms with Gasteiger partial charge in [-0.3, -0.25) is 4.98 Å². The molecule has 1 aromatic rings. The zero-order chi connectivity index (χ0) is 13.4. The van der Waals surface area contributed by atoms with Gasteiger partial charge < -0.3 is 10.0 Å². The highest BCUT2D eigenvalue weighted by molar-refractivity contribution is 5.86. The van der Waals surface area contributed by atoms with Crippen LogP contribution in [0.4, 0.5) is 0 Å². The molecule has 0 aliphatic rings. The highest BCUT2D eigenvalue weighted by Crippen LogP contribution is 2.02. The van der Waals surface area contributed by atoms with Crippen LogP contribution in [0.25, 0.3) is 0 Å². The largest absolute Gasteiger partial charge is 0.478 e. The van der Waals surface area contributed by atoms with E-state index in [0.717, 1.165) is 18.7 Å². The van der Waals surface area contributed by atoms with E-state index in [9.17, 15) is 4.79 Å². The molecule has 0 spiro atoms. The molecule has 4 nitrogen and oxygen atoms in total. The molecule has 1 heterocycles. The monoisotopic (exact) mass is 248 g/mol. The number of aromatic nitrogens is 1. The summed E-state index contributed by atoms with van der Waals surface area (Å²) in [6, 6.07) is 5.87. The van der Waals surface area contributed by atoms with E-state index in [1.807, 2.05) is 32.2 Å². The van der Waals surface area contributed by atoms with Crippen molar-refractivity contribution in [2.75, 3.05) is 20.1 Å². The molecule has 0 aromatic carbocycles. The highest BCUT2D eigenvalue weighted by Gasteiger charge is 2.04. The normalized spacial score (nSPS) is 11.8. The first kappa shape index (κ1) is 14.4. The lowest BCUT2D eigenvalue weighted by Crippen LogP contribution is -2.22. The number of nitrogens with zero attached hydrogens (tertiary/aromatic N) is 2. The first-order chi connectivity index (χ1) is 8.63. The molecule has 0 saturated carbocycles. The van der Waals surface area contributed by atoms with E-state index >= 15 is 0 Å². The first-order valence-electron chi connectivity index (χ1n) is 6.14. The fourth-order valence-corrected chi connectivity index (χ4v) is 1.59. The zero-order valence-corrected chi connectivity index (χ0v) is 11.0. The number of hydrogen-bond acceptors (Lipinski definition) is 3. The van der Waals surface area contributed by atoms with Crippen molar-refractivity contribution in [2.45, 2.75) is 19.8 Å². The average molecular weight is 248 g/mol. The van der Waals surface area contributed by atoms with Crippen molar-refractivity contribution >= 4 is 5.97 Å². The maximum Gasteiger partial charge on any atom is 0.331 e. The van der Waals surface area contributed by atoms with Gasteiger partial charge in [0.2, 0.25) is 0 Å². The predicted octanol–water partition coefficient (Wildman–Crippen LogP) is 1.98. The molecule has 18 heavy (non-hydrogen) atoms. The van der Waals surface area contributed by atoms with Crippen LogP contribution in [0.15, 0.2) is 36.0 Å². The van der Waals surface area contributed by atoms with E-state index in [0.29, 0.717) is 18.5 Å². The fraction of sp³-hybridized carbons (Fsp3) is 0.429. The van der Waals surface area contributed by atoms with Gasteiger partial charge in [-0.15, -0.1) is 0 Å². The quantitative estimate of drug-likeness (QED) is 0.750. The Morgan fingerprint density at radius 1 is 1.50 bits per heavy atom. The Morgan fingerprint density at radius 2 is 2.28 bits per heavy atom. The molecule has 0 aliphatic carbocycles. The van der Waals surface area contributed by atoms with Crippen LogP contribution in [0.3, 0.4) is 0 Å². The van der Waals surface area contributed by atoms with Crippen LogP contribution in [-0.2, 0) is 11.2 Å². The molecule has 1 rings (SSSR count). The van der Waals surface area contributed by atoms with Crippen molar-refractivity contribution < 1.29 is 9.90 Å². The number of hydrogen-bond donors (Lipinski definition) is 1. The third-order valence-electron chi connectivity index (χ3n) is 2.78. The second kappa shape index (κ2) is 7.61. The van der Waals surface area contributed by atoms with Gasteiger partial charge >= 0.3 is 5.97 Å². The van der Waals surface area contributed by atoms with E-state index in [2.05, 4.69) is 9.88 Å². The molecular formula is C14H20N2O2. The Hall–Kier alpha value is -1.68. The van der Waals surface area contributed by atoms with Gasteiger partial charge in [0, 0.05) is 37.0 Å². The summed E-state index contributed by atoms with van der Waals surface area (Å²) in [4.78, 5) is 17.2. The van der Waals surface area contributed by atoms with Crippen molar-refractivity contribution in [3.05, 3.63) is 41.7 Å². The Morgan fingerprint density at radius 3 is 2.83 bits per heavy atom. The number of rotatable bonds is 7. The SMILES string of the molecule is CCC(=CCN(C)CCc1ccccn1)C(=O)O. The summed E-state index contributed by atoms with van der Waals surface area (Å²) < 4.78 is 0. The molecule has 0 aliphatic heterocycles. The lowest BCUT2D eigenvalue weighted by atomic mass is 10.2. The molecule has 0 amide bonds. The van der Waals surface area contributed by atoms with Crippen molar-refractivity contribution in [2.24, 2.45) is 0 Å². The molecule has 1 aromatic heterocycles. The summed E-state index contributed by atoms with van der Waals surface area (Å²) in [6.45, 7) is 3.38. The second-order valence-corrected chi connectivity index (χ2v) is 4.22. The Kier molecular flexibility index (Phi) is 6.08. The number of likely N-dealkylation sites (N-methyl/N-ethyl adjacent to an activating group) is 1. The second-order valence-electron chi connectivity index (χ2n) is 4.22. The van der Waals surface area contributed by atoms with Crippen LogP contribution < -0.4 is 0 Å². The van der Waals surface area contributed by atoms with Gasteiger partial charge in [-0.1, -0.05) is 19.1 Å². The van der Waals surface area contributed by atoms with Gasteiger partial charge in [0.25, 0.3) is 0 Å². The van der Waals surface area contributed by atoms with Gasteiger partial charge in [-0.05, 0) is 25.6 Å². The van der Waals surface area contributed by atoms with Crippen LogP contribution in [-0.4, -0.2) is 41.1 Å². The van der Waals surface area contributed by atoms with Crippen LogP contribution in [0.2, 0.25) is 0 Å². The van der Waals surface area contributed by atoms with Gasteiger partial charge in [0.05, 0.1) is 0 Å². The van der Waals surface area contributed by atoms with Crippen molar-refractivity contribution in [3.63, 3.8) is 0 Å². The molecular weight excluding hydrogens is 228 g/mol. The topological polar surface area (TPSA) is 53.4 Å². The molecule has 0 bridgehead atoms. The number of carbonyl (C=O) groups is 1. The smallest absolute Gasteiger partial charge is 0.331 e. The van der Waals surface area contributed by atoms with Crippen molar-refractivity contribution in [1.82, 2.24) is 9.88 Å². The van der Waals surface area contributed by atoms with Crippen LogP contribution in [0.1, 0.15) is 19.0 Å². The minimum absolute atomic E-state index is 0.472. The molecule has 0 saturated heterocycles. The van der Waals surface area contributed by atoms with E-state index in [4.69, 9.17) is 5.11 Å². The Balaban J connectivity index is 2.38. The molecule has 0 radical (unpaired) electrons. The van der Waals surface area contributed by atoms with Crippen molar-refractivity contribution in [3.8, 4) is 0 Å². The molecule has 1 N–H and O–H groups in total. The molecule has 98 valence electrons. The summed E-state index contributed by atoms with van der Waals surface area (Å²) in [5, 5.41) is 8.90. The fourth-order valence-electron chi connectivity index (χ4n) is 1.59. The summed E-state index contributed by atoms with van der Waals surface area (Å²) in [5.41, 5.74) is 1.53. The average Bonchev–Trinajstić information content (AvgIpc) is 2.38. The van der Waals surface area contributed by atoms with Crippen LogP contribution in [0.5, 0.6) is 0 Å². The maximum atomic E-state index is 10.8. The molecule has 4 heteroatoms. The van der Waals surface area contributed by atoms with E-state index < -0.39 is 5.97 Å². The molecule has 0 unspecified atom stereocenters.